The third-order valence-corrected chi connectivity index (χ3v) is 1.84. The molecule has 0 radical (unpaired) electrons. The molecule has 0 aliphatic carbocycles. The van der Waals surface area contributed by atoms with Crippen LogP contribution in [0.1, 0.15) is 12.8 Å². The number of aliphatic hydroxyl groups is 2. The molecule has 0 aromatic heterocycles. The third kappa shape index (κ3) is 5.36. The lowest BCUT2D eigenvalue weighted by atomic mass is 10.0. The average Bonchev–Trinajstić information content (AvgIpc) is 2.02. The minimum Gasteiger partial charge on any atom is -0.396 e. The van der Waals surface area contributed by atoms with Crippen molar-refractivity contribution in [3.63, 3.8) is 0 Å². The van der Waals surface area contributed by atoms with Crippen molar-refractivity contribution in [2.75, 3.05) is 19.8 Å². The highest BCUT2D eigenvalue weighted by Crippen LogP contribution is 2.16. The van der Waals surface area contributed by atoms with Gasteiger partial charge in [0.1, 0.15) is 5.60 Å². The van der Waals surface area contributed by atoms with Crippen LogP contribution < -0.4 is 0 Å². The normalized spacial score (nSPS) is 12.0. The summed E-state index contributed by atoms with van der Waals surface area (Å²) in [4.78, 5) is 0. The van der Waals surface area contributed by atoms with Crippen LogP contribution in [-0.2, 0) is 9.05 Å². The largest absolute Gasteiger partial charge is 0.396 e. The van der Waals surface area contributed by atoms with E-state index < -0.39 is 5.60 Å². The van der Waals surface area contributed by atoms with Crippen molar-refractivity contribution in [1.29, 1.82) is 0 Å². The van der Waals surface area contributed by atoms with Gasteiger partial charge in [-0.15, -0.1) is 0 Å². The van der Waals surface area contributed by atoms with Crippen molar-refractivity contribution in [2.24, 2.45) is 0 Å². The van der Waals surface area contributed by atoms with Gasteiger partial charge in [0.25, 0.3) is 0 Å². The molecule has 0 fully saturated rings. The van der Waals surface area contributed by atoms with Crippen LogP contribution in [0.2, 0.25) is 0 Å². The lowest BCUT2D eigenvalue weighted by molar-refractivity contribution is -0.0410. The quantitative estimate of drug-likeness (QED) is 0.590. The Bertz CT molecular complexity index is 106. The summed E-state index contributed by atoms with van der Waals surface area (Å²) in [5, 5.41) is 18.3. The summed E-state index contributed by atoms with van der Waals surface area (Å²) in [5.41, 5.74) is -0.994. The zero-order valence-electron chi connectivity index (χ0n) is 6.90. The van der Waals surface area contributed by atoms with Gasteiger partial charge in [-0.1, -0.05) is 0 Å². The number of aliphatic hydroxyl groups excluding tert-OH is 1. The molecule has 0 spiro atoms. The zero-order chi connectivity index (χ0) is 9.45. The second kappa shape index (κ2) is 7.14. The first kappa shape index (κ1) is 12.7. The molecule has 0 saturated carbocycles. The molecule has 2 atom stereocenters. The third-order valence-electron chi connectivity index (χ3n) is 1.50. The van der Waals surface area contributed by atoms with Gasteiger partial charge in [0, 0.05) is 25.5 Å². The number of hydrogen-bond acceptors (Lipinski definition) is 4. The van der Waals surface area contributed by atoms with Crippen molar-refractivity contribution in [3.05, 3.63) is 0 Å². The summed E-state index contributed by atoms with van der Waals surface area (Å²) >= 11 is 0. The second-order valence-electron chi connectivity index (χ2n) is 2.67. The summed E-state index contributed by atoms with van der Waals surface area (Å²) in [6, 6.07) is 0. The molecule has 0 saturated heterocycles. The molecule has 0 amide bonds. The molecule has 0 heterocycles. The Morgan fingerprint density at radius 2 is 1.67 bits per heavy atom. The van der Waals surface area contributed by atoms with Crippen LogP contribution in [0, 0.1) is 0 Å². The maximum Gasteiger partial charge on any atom is 0.112 e. The van der Waals surface area contributed by atoms with Crippen molar-refractivity contribution >= 4 is 18.9 Å². The van der Waals surface area contributed by atoms with Gasteiger partial charge in [-0.05, 0) is 12.8 Å². The van der Waals surface area contributed by atoms with Crippen LogP contribution in [0.3, 0.4) is 0 Å². The van der Waals surface area contributed by atoms with Gasteiger partial charge < -0.3 is 19.3 Å². The first-order valence-corrected chi connectivity index (χ1v) is 4.59. The van der Waals surface area contributed by atoms with E-state index in [1.54, 1.807) is 0 Å². The van der Waals surface area contributed by atoms with Crippen LogP contribution in [0.4, 0.5) is 0 Å². The molecule has 0 aromatic rings. The highest BCUT2D eigenvalue weighted by atomic mass is 31.0. The Hall–Kier alpha value is 0.700. The van der Waals surface area contributed by atoms with Gasteiger partial charge in [0.15, 0.2) is 0 Å². The standard InChI is InChI=1S/C6H16O4P2/c7-3-1-2-6(8,4-9-11)5-10-12/h7-8H,1-5,11-12H2. The molecule has 2 N–H and O–H groups in total. The van der Waals surface area contributed by atoms with Gasteiger partial charge >= 0.3 is 0 Å². The van der Waals surface area contributed by atoms with Gasteiger partial charge in [-0.25, -0.2) is 0 Å². The van der Waals surface area contributed by atoms with E-state index in [9.17, 15) is 5.11 Å². The van der Waals surface area contributed by atoms with E-state index in [0.29, 0.717) is 12.8 Å². The summed E-state index contributed by atoms with van der Waals surface area (Å²) in [6.07, 6.45) is 1.00. The topological polar surface area (TPSA) is 58.9 Å². The van der Waals surface area contributed by atoms with E-state index in [-0.39, 0.29) is 19.8 Å². The summed E-state index contributed by atoms with van der Waals surface area (Å²) < 4.78 is 9.50. The molecule has 2 unspecified atom stereocenters. The minimum absolute atomic E-state index is 0.0655. The summed E-state index contributed by atoms with van der Waals surface area (Å²) in [7, 11) is 4.14. The molecule has 0 aliphatic rings. The van der Waals surface area contributed by atoms with Crippen LogP contribution in [0.15, 0.2) is 0 Å². The second-order valence-corrected chi connectivity index (χ2v) is 3.34. The molecule has 6 heteroatoms. The Kier molecular flexibility index (Phi) is 7.55. The number of rotatable bonds is 7. The monoisotopic (exact) mass is 214 g/mol. The highest BCUT2D eigenvalue weighted by molar-refractivity contribution is 7.10. The Balaban J connectivity index is 3.80. The van der Waals surface area contributed by atoms with E-state index in [2.05, 4.69) is 18.9 Å². The fraction of sp³-hybridized carbons (Fsp3) is 1.00. The maximum atomic E-state index is 9.75. The molecule has 0 rings (SSSR count). The maximum absolute atomic E-state index is 9.75. The van der Waals surface area contributed by atoms with E-state index in [0.717, 1.165) is 0 Å². The van der Waals surface area contributed by atoms with Crippen molar-refractivity contribution in [2.45, 2.75) is 18.4 Å². The Morgan fingerprint density at radius 1 is 1.17 bits per heavy atom. The zero-order valence-corrected chi connectivity index (χ0v) is 9.21. The van der Waals surface area contributed by atoms with Gasteiger partial charge in [-0.2, -0.15) is 0 Å². The van der Waals surface area contributed by atoms with E-state index in [1.807, 2.05) is 0 Å². The van der Waals surface area contributed by atoms with Gasteiger partial charge in [0.2, 0.25) is 0 Å². The first-order chi connectivity index (χ1) is 5.68. The fourth-order valence-corrected chi connectivity index (χ4v) is 1.52. The van der Waals surface area contributed by atoms with E-state index >= 15 is 0 Å². The van der Waals surface area contributed by atoms with Crippen LogP contribution >= 0.6 is 18.9 Å². The molecular weight excluding hydrogens is 198 g/mol. The van der Waals surface area contributed by atoms with Crippen molar-refractivity contribution in [3.8, 4) is 0 Å². The van der Waals surface area contributed by atoms with Crippen LogP contribution in [0.25, 0.3) is 0 Å². The van der Waals surface area contributed by atoms with E-state index in [4.69, 9.17) is 14.2 Å². The van der Waals surface area contributed by atoms with Gasteiger partial charge in [0.05, 0.1) is 13.2 Å². The average molecular weight is 214 g/mol. The Labute approximate surface area is 77.2 Å². The van der Waals surface area contributed by atoms with Gasteiger partial charge in [-0.3, -0.25) is 0 Å². The summed E-state index contributed by atoms with van der Waals surface area (Å²) in [6.45, 7) is 0.439. The molecule has 0 bridgehead atoms. The smallest absolute Gasteiger partial charge is 0.112 e. The Morgan fingerprint density at radius 3 is 2.00 bits per heavy atom. The predicted octanol–water partition coefficient (Wildman–Crippen LogP) is 0.103. The van der Waals surface area contributed by atoms with Crippen molar-refractivity contribution in [1.82, 2.24) is 0 Å². The summed E-state index contributed by atoms with van der Waals surface area (Å²) in [5.74, 6) is 0. The van der Waals surface area contributed by atoms with E-state index in [1.165, 1.54) is 0 Å². The highest BCUT2D eigenvalue weighted by Gasteiger charge is 2.26. The lowest BCUT2D eigenvalue weighted by Crippen LogP contribution is -2.38. The fourth-order valence-electron chi connectivity index (χ4n) is 0.904. The predicted molar refractivity (Wildman–Crippen MR) is 52.6 cm³/mol. The molecule has 74 valence electrons. The number of hydrogen-bond donors (Lipinski definition) is 2. The molecule has 0 aliphatic heterocycles. The SMILES string of the molecule is OCCCC(O)(COP)COP. The minimum atomic E-state index is -0.994. The van der Waals surface area contributed by atoms with Crippen LogP contribution in [0.5, 0.6) is 0 Å². The molecular formula is C6H16O4P2. The van der Waals surface area contributed by atoms with Crippen molar-refractivity contribution < 1.29 is 19.3 Å². The lowest BCUT2D eigenvalue weighted by Gasteiger charge is -2.25. The molecule has 12 heavy (non-hydrogen) atoms. The van der Waals surface area contributed by atoms with Crippen LogP contribution in [-0.4, -0.2) is 35.6 Å². The molecule has 4 nitrogen and oxygen atoms in total. The molecule has 0 aromatic carbocycles. The first-order valence-electron chi connectivity index (χ1n) is 3.65.